The van der Waals surface area contributed by atoms with Gasteiger partial charge in [-0.1, -0.05) is 164 Å². The highest BCUT2D eigenvalue weighted by Gasteiger charge is 2.57. The summed E-state index contributed by atoms with van der Waals surface area (Å²) in [5.74, 6) is 1.80. The Balaban J connectivity index is 1.37. The predicted octanol–water partition coefficient (Wildman–Crippen LogP) is 8.96. The van der Waals surface area contributed by atoms with Gasteiger partial charge in [0.2, 0.25) is 0 Å². The van der Waals surface area contributed by atoms with Gasteiger partial charge in [-0.05, 0) is 68.3 Å². The van der Waals surface area contributed by atoms with E-state index >= 15 is 0 Å². The monoisotopic (exact) mass is 679 g/mol. The molecule has 2 aliphatic rings. The van der Waals surface area contributed by atoms with Crippen molar-refractivity contribution < 1.29 is 4.74 Å². The van der Waals surface area contributed by atoms with E-state index in [-0.39, 0.29) is 0 Å². The van der Waals surface area contributed by atoms with E-state index in [2.05, 4.69) is 205 Å². The van der Waals surface area contributed by atoms with E-state index < -0.39 is 13.5 Å². The van der Waals surface area contributed by atoms with Gasteiger partial charge in [-0.25, -0.2) is 0 Å². The lowest BCUT2D eigenvalue weighted by atomic mass is 9.63. The van der Waals surface area contributed by atoms with Gasteiger partial charge in [-0.3, -0.25) is 0 Å². The van der Waals surface area contributed by atoms with Crippen LogP contribution in [0, 0.1) is 0 Å². The first-order valence-corrected chi connectivity index (χ1v) is 20.0. The summed E-state index contributed by atoms with van der Waals surface area (Å²) in [5.41, 5.74) is 7.91. The summed E-state index contributed by atoms with van der Waals surface area (Å²) in [5, 5.41) is 8.09. The van der Waals surface area contributed by atoms with E-state index in [0.717, 1.165) is 17.2 Å². The van der Waals surface area contributed by atoms with E-state index in [0.29, 0.717) is 0 Å². The summed E-state index contributed by atoms with van der Waals surface area (Å²) in [4.78, 5) is 0. The molecular formula is C49H33NOSi. The van der Waals surface area contributed by atoms with Gasteiger partial charge in [0.05, 0.1) is 16.4 Å². The number of hydrogen-bond donors (Lipinski definition) is 0. The number of nitrogens with zero attached hydrogens (tertiary/aromatic N) is 1. The van der Waals surface area contributed by atoms with Crippen molar-refractivity contribution in [3.8, 4) is 17.2 Å². The quantitative estimate of drug-likeness (QED) is 0.170. The number of ether oxygens (including phenoxy) is 1. The average Bonchev–Trinajstić information content (AvgIpc) is 3.56. The fourth-order valence-electron chi connectivity index (χ4n) is 9.68. The Morgan fingerprint density at radius 3 is 1.44 bits per heavy atom. The van der Waals surface area contributed by atoms with Gasteiger partial charge in [-0.2, -0.15) is 0 Å². The maximum atomic E-state index is 6.78. The number of hydrogen-bond acceptors (Lipinski definition) is 1. The minimum atomic E-state index is -2.89. The summed E-state index contributed by atoms with van der Waals surface area (Å²) in [6.45, 7) is 0. The molecule has 9 aromatic rings. The largest absolute Gasteiger partial charge is 0.457 e. The van der Waals surface area contributed by atoms with Crippen molar-refractivity contribution in [2.45, 2.75) is 5.41 Å². The molecule has 0 saturated carbocycles. The van der Waals surface area contributed by atoms with Gasteiger partial charge in [0.25, 0.3) is 0 Å². The van der Waals surface area contributed by atoms with Crippen LogP contribution in [-0.4, -0.2) is 12.6 Å². The highest BCUT2D eigenvalue weighted by Crippen LogP contribution is 2.56. The Bertz CT molecular complexity index is 2700. The normalized spacial score (nSPS) is 14.6. The minimum absolute atomic E-state index is 0.633. The third-order valence-electron chi connectivity index (χ3n) is 11.6. The molecule has 0 saturated heterocycles. The van der Waals surface area contributed by atoms with Crippen molar-refractivity contribution in [3.63, 3.8) is 0 Å². The summed E-state index contributed by atoms with van der Waals surface area (Å²) in [6.07, 6.45) is 0. The number of benzene rings is 8. The number of fused-ring (bicyclic) bond motifs is 11. The van der Waals surface area contributed by atoms with Gasteiger partial charge in [0, 0.05) is 27.6 Å². The van der Waals surface area contributed by atoms with Crippen LogP contribution in [-0.2, 0) is 5.41 Å². The zero-order valence-corrected chi connectivity index (χ0v) is 29.4. The van der Waals surface area contributed by atoms with Crippen LogP contribution in [0.5, 0.6) is 11.5 Å². The average molecular weight is 680 g/mol. The predicted molar refractivity (Wildman–Crippen MR) is 216 cm³/mol. The van der Waals surface area contributed by atoms with Crippen molar-refractivity contribution >= 4 is 50.6 Å². The van der Waals surface area contributed by atoms with Gasteiger partial charge >= 0.3 is 0 Å². The Kier molecular flexibility index (Phi) is 6.22. The van der Waals surface area contributed by atoms with E-state index in [4.69, 9.17) is 4.74 Å². The highest BCUT2D eigenvalue weighted by molar-refractivity contribution is 7.20. The van der Waals surface area contributed by atoms with Crippen LogP contribution in [0.2, 0.25) is 0 Å². The second-order valence-electron chi connectivity index (χ2n) is 14.0. The fraction of sp³-hybridized carbons (Fsp3) is 0.0204. The summed E-state index contributed by atoms with van der Waals surface area (Å²) < 4.78 is 9.24. The highest BCUT2D eigenvalue weighted by atomic mass is 28.3. The van der Waals surface area contributed by atoms with Gasteiger partial charge in [0.1, 0.15) is 11.5 Å². The van der Waals surface area contributed by atoms with E-state index in [1.807, 2.05) is 0 Å². The molecule has 8 aromatic carbocycles. The topological polar surface area (TPSA) is 14.2 Å². The number of para-hydroxylation sites is 4. The zero-order valence-electron chi connectivity index (χ0n) is 28.4. The van der Waals surface area contributed by atoms with Crippen LogP contribution in [0.25, 0.3) is 27.5 Å². The first kappa shape index (κ1) is 29.3. The van der Waals surface area contributed by atoms with Crippen LogP contribution in [0.15, 0.2) is 200 Å². The molecule has 2 nitrogen and oxygen atoms in total. The smallest absolute Gasteiger partial charge is 0.180 e. The molecule has 1 aromatic heterocycles. The SMILES string of the molecule is c1ccc([Si]2(c3ccccc3)c3ccccc3C3(c4ccccc4Oc4ccccc43)c3cc(-n4c5ccccc5c5ccccc54)ccc32)cc1. The molecule has 2 aliphatic heterocycles. The van der Waals surface area contributed by atoms with Crippen LogP contribution in [0.3, 0.4) is 0 Å². The molecule has 0 aliphatic carbocycles. The van der Waals surface area contributed by atoms with E-state index in [1.54, 1.807) is 0 Å². The molecule has 0 amide bonds. The molecule has 0 N–H and O–H groups in total. The molecule has 3 heterocycles. The maximum Gasteiger partial charge on any atom is 0.180 e. The standard InChI is InChI=1S/C49H33NOSi/c1-3-17-35(18-4-1)52(36-19-5-2-6-20-36)47-30-16-11-25-41(47)49(39-23-9-14-28-45(39)51-46-29-15-10-24-40(46)49)42-33-34(31-32-48(42)52)50-43-26-12-7-21-37(43)38-22-8-13-27-44(38)50/h1-33H. The van der Waals surface area contributed by atoms with Crippen LogP contribution in [0.1, 0.15) is 22.3 Å². The Morgan fingerprint density at radius 1 is 0.385 bits per heavy atom. The van der Waals surface area contributed by atoms with E-state index in [9.17, 15) is 0 Å². The molecule has 1 spiro atoms. The molecular weight excluding hydrogens is 647 g/mol. The lowest BCUT2D eigenvalue weighted by molar-refractivity contribution is 0.435. The van der Waals surface area contributed by atoms with Crippen LogP contribution < -0.4 is 25.5 Å². The molecule has 52 heavy (non-hydrogen) atoms. The zero-order chi connectivity index (χ0) is 34.3. The Morgan fingerprint density at radius 2 is 0.846 bits per heavy atom. The Hall–Kier alpha value is -6.42. The molecule has 0 atom stereocenters. The number of aromatic nitrogens is 1. The molecule has 0 bridgehead atoms. The summed E-state index contributed by atoms with van der Waals surface area (Å²) in [7, 11) is -2.89. The van der Waals surface area contributed by atoms with Gasteiger partial charge in [-0.15, -0.1) is 0 Å². The minimum Gasteiger partial charge on any atom is -0.457 e. The van der Waals surface area contributed by atoms with Crippen molar-refractivity contribution in [1.29, 1.82) is 0 Å². The molecule has 11 rings (SSSR count). The molecule has 0 fully saturated rings. The molecule has 0 unspecified atom stereocenters. The third-order valence-corrected chi connectivity index (χ3v) is 16.5. The first-order chi connectivity index (χ1) is 25.8. The van der Waals surface area contributed by atoms with Crippen molar-refractivity contribution in [2.24, 2.45) is 0 Å². The van der Waals surface area contributed by atoms with Crippen LogP contribution >= 0.6 is 0 Å². The molecule has 3 heteroatoms. The molecule has 0 radical (unpaired) electrons. The number of rotatable bonds is 3. The second-order valence-corrected chi connectivity index (χ2v) is 17.7. The van der Waals surface area contributed by atoms with Crippen molar-refractivity contribution in [2.75, 3.05) is 0 Å². The van der Waals surface area contributed by atoms with Crippen molar-refractivity contribution in [1.82, 2.24) is 4.57 Å². The summed E-state index contributed by atoms with van der Waals surface area (Å²) in [6, 6.07) is 74.3. The third kappa shape index (κ3) is 3.73. The van der Waals surface area contributed by atoms with Crippen molar-refractivity contribution in [3.05, 3.63) is 222 Å². The lowest BCUT2D eigenvalue weighted by Crippen LogP contribution is -2.79. The summed E-state index contributed by atoms with van der Waals surface area (Å²) >= 11 is 0. The first-order valence-electron chi connectivity index (χ1n) is 18.0. The van der Waals surface area contributed by atoms with E-state index in [1.165, 1.54) is 64.8 Å². The van der Waals surface area contributed by atoms with Gasteiger partial charge in [0.15, 0.2) is 8.07 Å². The van der Waals surface area contributed by atoms with Crippen LogP contribution in [0.4, 0.5) is 0 Å². The molecule has 244 valence electrons. The maximum absolute atomic E-state index is 6.78. The lowest BCUT2D eigenvalue weighted by Gasteiger charge is -2.51. The second kappa shape index (κ2) is 11.0. The Labute approximate surface area is 303 Å². The fourth-order valence-corrected chi connectivity index (χ4v) is 14.9. The van der Waals surface area contributed by atoms with Gasteiger partial charge < -0.3 is 9.30 Å².